The number of ether oxygens (including phenoxy) is 2. The van der Waals surface area contributed by atoms with E-state index in [1.165, 1.54) is 0 Å². The normalized spacial score (nSPS) is 10.7. The second-order valence-electron chi connectivity index (χ2n) is 4.26. The fourth-order valence-corrected chi connectivity index (χ4v) is 1.84. The number of hydrogen-bond donors (Lipinski definition) is 1. The predicted molar refractivity (Wildman–Crippen MR) is 74.7 cm³/mol. The highest BCUT2D eigenvalue weighted by atomic mass is 16.5. The Hall–Kier alpha value is -2.76. The molecular formula is C14H14N4O2. The zero-order chi connectivity index (χ0) is 13.9. The van der Waals surface area contributed by atoms with Gasteiger partial charge in [0, 0.05) is 24.0 Å². The predicted octanol–water partition coefficient (Wildman–Crippen LogP) is 1.90. The molecule has 0 amide bonds. The van der Waals surface area contributed by atoms with Gasteiger partial charge < -0.3 is 15.2 Å². The van der Waals surface area contributed by atoms with Crippen molar-refractivity contribution in [1.29, 1.82) is 0 Å². The standard InChI is InChI=1S/C14H14N4O2/c1-19-11-3-2-4-12(8-11)20-9-13-16-14-7-10(15)5-6-18(14)17-13/h2-8H,9,15H2,1H3. The van der Waals surface area contributed by atoms with Crippen LogP contribution in [0.25, 0.3) is 5.65 Å². The van der Waals surface area contributed by atoms with Gasteiger partial charge in [0.2, 0.25) is 0 Å². The van der Waals surface area contributed by atoms with Gasteiger partial charge in [0.25, 0.3) is 0 Å². The van der Waals surface area contributed by atoms with E-state index in [9.17, 15) is 0 Å². The Morgan fingerprint density at radius 2 is 2.05 bits per heavy atom. The van der Waals surface area contributed by atoms with Crippen molar-refractivity contribution in [3.8, 4) is 11.5 Å². The Labute approximate surface area is 115 Å². The number of nitrogens with two attached hydrogens (primary N) is 1. The number of benzene rings is 1. The lowest BCUT2D eigenvalue weighted by Crippen LogP contribution is -1.98. The molecule has 3 aromatic rings. The lowest BCUT2D eigenvalue weighted by atomic mass is 10.3. The maximum Gasteiger partial charge on any atom is 0.189 e. The molecule has 0 saturated heterocycles. The topological polar surface area (TPSA) is 74.7 Å². The van der Waals surface area contributed by atoms with Crippen LogP contribution in [0.15, 0.2) is 42.6 Å². The molecule has 0 aliphatic heterocycles. The van der Waals surface area contributed by atoms with Gasteiger partial charge in [-0.25, -0.2) is 9.50 Å². The van der Waals surface area contributed by atoms with E-state index in [1.807, 2.05) is 24.3 Å². The minimum absolute atomic E-state index is 0.286. The van der Waals surface area contributed by atoms with Crippen LogP contribution < -0.4 is 15.2 Å². The van der Waals surface area contributed by atoms with Crippen molar-refractivity contribution in [2.45, 2.75) is 6.61 Å². The van der Waals surface area contributed by atoms with Crippen molar-refractivity contribution in [2.75, 3.05) is 12.8 Å². The van der Waals surface area contributed by atoms with Gasteiger partial charge >= 0.3 is 0 Å². The molecule has 0 atom stereocenters. The lowest BCUT2D eigenvalue weighted by Gasteiger charge is -2.05. The van der Waals surface area contributed by atoms with E-state index in [-0.39, 0.29) is 6.61 Å². The molecule has 2 heterocycles. The molecule has 0 aliphatic carbocycles. The van der Waals surface area contributed by atoms with Crippen molar-refractivity contribution in [1.82, 2.24) is 14.6 Å². The summed E-state index contributed by atoms with van der Waals surface area (Å²) >= 11 is 0. The van der Waals surface area contributed by atoms with E-state index in [1.54, 1.807) is 30.0 Å². The fraction of sp³-hybridized carbons (Fsp3) is 0.143. The molecule has 0 aliphatic rings. The Bertz CT molecular complexity index is 739. The number of anilines is 1. The minimum Gasteiger partial charge on any atom is -0.497 e. The molecule has 2 N–H and O–H groups in total. The molecule has 0 unspecified atom stereocenters. The number of aromatic nitrogens is 3. The first-order valence-electron chi connectivity index (χ1n) is 6.12. The van der Waals surface area contributed by atoms with E-state index in [0.717, 1.165) is 5.75 Å². The highest BCUT2D eigenvalue weighted by Gasteiger charge is 2.05. The van der Waals surface area contributed by atoms with Crippen LogP contribution in [0, 0.1) is 0 Å². The van der Waals surface area contributed by atoms with E-state index in [2.05, 4.69) is 10.1 Å². The summed E-state index contributed by atoms with van der Waals surface area (Å²) in [6, 6.07) is 10.9. The number of rotatable bonds is 4. The fourth-order valence-electron chi connectivity index (χ4n) is 1.84. The third-order valence-corrected chi connectivity index (χ3v) is 2.81. The molecule has 0 radical (unpaired) electrons. The zero-order valence-electron chi connectivity index (χ0n) is 11.0. The Balaban J connectivity index is 1.76. The van der Waals surface area contributed by atoms with Gasteiger partial charge in [-0.05, 0) is 18.2 Å². The van der Waals surface area contributed by atoms with E-state index in [4.69, 9.17) is 15.2 Å². The summed E-state index contributed by atoms with van der Waals surface area (Å²) in [6.07, 6.45) is 1.77. The number of nitrogens with zero attached hydrogens (tertiary/aromatic N) is 3. The Kier molecular flexibility index (Phi) is 3.12. The Morgan fingerprint density at radius 3 is 2.90 bits per heavy atom. The molecule has 6 heteroatoms. The average Bonchev–Trinajstić information content (AvgIpc) is 2.87. The number of pyridine rings is 1. The highest BCUT2D eigenvalue weighted by molar-refractivity contribution is 5.50. The lowest BCUT2D eigenvalue weighted by molar-refractivity contribution is 0.294. The van der Waals surface area contributed by atoms with Gasteiger partial charge in [-0.3, -0.25) is 0 Å². The maximum absolute atomic E-state index is 5.70. The third kappa shape index (κ3) is 2.49. The van der Waals surface area contributed by atoms with Gasteiger partial charge in [-0.15, -0.1) is 5.10 Å². The molecule has 102 valence electrons. The molecule has 3 rings (SSSR count). The van der Waals surface area contributed by atoms with Gasteiger partial charge in [-0.2, -0.15) is 0 Å². The molecule has 20 heavy (non-hydrogen) atoms. The zero-order valence-corrected chi connectivity index (χ0v) is 11.0. The second kappa shape index (κ2) is 5.08. The van der Waals surface area contributed by atoms with Crippen LogP contribution in [-0.4, -0.2) is 21.7 Å². The summed E-state index contributed by atoms with van der Waals surface area (Å²) in [4.78, 5) is 4.35. The van der Waals surface area contributed by atoms with Crippen LogP contribution in [0.3, 0.4) is 0 Å². The quantitative estimate of drug-likeness (QED) is 0.783. The Morgan fingerprint density at radius 1 is 1.20 bits per heavy atom. The molecule has 0 bridgehead atoms. The first-order chi connectivity index (χ1) is 9.74. The summed E-state index contributed by atoms with van der Waals surface area (Å²) in [5, 5.41) is 4.31. The molecular weight excluding hydrogens is 256 g/mol. The molecule has 0 fully saturated rings. The summed E-state index contributed by atoms with van der Waals surface area (Å²) in [5.41, 5.74) is 7.06. The second-order valence-corrected chi connectivity index (χ2v) is 4.26. The van der Waals surface area contributed by atoms with Crippen molar-refractivity contribution in [3.63, 3.8) is 0 Å². The number of fused-ring (bicyclic) bond motifs is 1. The largest absolute Gasteiger partial charge is 0.497 e. The number of hydrogen-bond acceptors (Lipinski definition) is 5. The third-order valence-electron chi connectivity index (χ3n) is 2.81. The van der Waals surface area contributed by atoms with Crippen LogP contribution in [0.5, 0.6) is 11.5 Å². The summed E-state index contributed by atoms with van der Waals surface area (Å²) in [6.45, 7) is 0.286. The molecule has 6 nitrogen and oxygen atoms in total. The van der Waals surface area contributed by atoms with Crippen molar-refractivity contribution < 1.29 is 9.47 Å². The molecule has 0 saturated carbocycles. The van der Waals surface area contributed by atoms with Crippen molar-refractivity contribution in [2.24, 2.45) is 0 Å². The van der Waals surface area contributed by atoms with Crippen LogP contribution in [0.1, 0.15) is 5.82 Å². The first kappa shape index (κ1) is 12.3. The number of methoxy groups -OCH3 is 1. The van der Waals surface area contributed by atoms with Gasteiger partial charge in [-0.1, -0.05) is 6.07 Å². The summed E-state index contributed by atoms with van der Waals surface area (Å²) in [5.74, 6) is 2.05. The van der Waals surface area contributed by atoms with Crippen LogP contribution in [0.2, 0.25) is 0 Å². The molecule has 0 spiro atoms. The maximum atomic E-state index is 5.70. The summed E-state index contributed by atoms with van der Waals surface area (Å²) in [7, 11) is 1.62. The monoisotopic (exact) mass is 270 g/mol. The van der Waals surface area contributed by atoms with Gasteiger partial charge in [0.05, 0.1) is 7.11 Å². The smallest absolute Gasteiger partial charge is 0.189 e. The van der Waals surface area contributed by atoms with Crippen molar-refractivity contribution >= 4 is 11.3 Å². The summed E-state index contributed by atoms with van der Waals surface area (Å²) < 4.78 is 12.5. The molecule has 2 aromatic heterocycles. The van der Waals surface area contributed by atoms with Gasteiger partial charge in [0.15, 0.2) is 11.5 Å². The SMILES string of the molecule is COc1cccc(OCc2nc3cc(N)ccn3n2)c1. The first-order valence-corrected chi connectivity index (χ1v) is 6.12. The van der Waals surface area contributed by atoms with Crippen LogP contribution in [0.4, 0.5) is 5.69 Å². The van der Waals surface area contributed by atoms with Crippen molar-refractivity contribution in [3.05, 3.63) is 48.4 Å². The minimum atomic E-state index is 0.286. The van der Waals surface area contributed by atoms with E-state index >= 15 is 0 Å². The van der Waals surface area contributed by atoms with Crippen LogP contribution in [-0.2, 0) is 6.61 Å². The van der Waals surface area contributed by atoms with Crippen LogP contribution >= 0.6 is 0 Å². The van der Waals surface area contributed by atoms with E-state index in [0.29, 0.717) is 22.9 Å². The molecule has 1 aromatic carbocycles. The van der Waals surface area contributed by atoms with Gasteiger partial charge in [0.1, 0.15) is 18.1 Å². The average molecular weight is 270 g/mol. The highest BCUT2D eigenvalue weighted by Crippen LogP contribution is 2.19. The van der Waals surface area contributed by atoms with E-state index < -0.39 is 0 Å². The number of nitrogen functional groups attached to an aromatic ring is 1.